The average Bonchev–Trinajstić information content (AvgIpc) is 3.24. The second kappa shape index (κ2) is 19.9. The second-order valence-corrected chi connectivity index (χ2v) is 9.48. The van der Waals surface area contributed by atoms with E-state index in [-0.39, 0.29) is 18.5 Å². The maximum Gasteiger partial charge on any atom is 0.306 e. The van der Waals surface area contributed by atoms with Crippen molar-refractivity contribution >= 4 is 11.9 Å². The number of hydrogen-bond acceptors (Lipinski definition) is 4. The quantitative estimate of drug-likeness (QED) is 0.114. The highest BCUT2D eigenvalue weighted by atomic mass is 16.5. The molecule has 0 aliphatic heterocycles. The van der Waals surface area contributed by atoms with Crippen molar-refractivity contribution in [3.05, 3.63) is 42.5 Å². The van der Waals surface area contributed by atoms with Crippen LogP contribution in [-0.2, 0) is 27.8 Å². The summed E-state index contributed by atoms with van der Waals surface area (Å²) in [6.45, 7) is 4.23. The Bertz CT molecular complexity index is 754. The Morgan fingerprint density at radius 2 is 1.66 bits per heavy atom. The van der Waals surface area contributed by atoms with E-state index in [0.717, 1.165) is 37.8 Å². The van der Waals surface area contributed by atoms with Crippen molar-refractivity contribution in [2.75, 3.05) is 6.61 Å². The van der Waals surface area contributed by atoms with E-state index in [1.54, 1.807) is 12.5 Å². The summed E-state index contributed by atoms with van der Waals surface area (Å²) in [7, 11) is 1.89. The number of esters is 1. The Morgan fingerprint density at radius 3 is 2.26 bits per heavy atom. The van der Waals surface area contributed by atoms with Gasteiger partial charge in [0.2, 0.25) is 0 Å². The highest BCUT2D eigenvalue weighted by Gasteiger charge is 2.28. The molecule has 0 saturated carbocycles. The first-order valence-corrected chi connectivity index (χ1v) is 13.6. The van der Waals surface area contributed by atoms with Gasteiger partial charge in [0.25, 0.3) is 0 Å². The minimum atomic E-state index is -0.843. The molecule has 2 atom stereocenters. The maximum atomic E-state index is 12.2. The van der Waals surface area contributed by atoms with E-state index >= 15 is 0 Å². The molecule has 0 aromatic carbocycles. The van der Waals surface area contributed by atoms with Gasteiger partial charge in [-0.15, -0.1) is 0 Å². The van der Waals surface area contributed by atoms with Crippen LogP contribution in [0.15, 0.2) is 36.8 Å². The van der Waals surface area contributed by atoms with E-state index in [1.165, 1.54) is 38.5 Å². The number of nitrogens with zero attached hydrogens (tertiary/aromatic N) is 2. The summed E-state index contributed by atoms with van der Waals surface area (Å²) in [6.07, 6.45) is 26.5. The van der Waals surface area contributed by atoms with Gasteiger partial charge in [-0.3, -0.25) is 9.59 Å². The molecule has 1 aromatic heterocycles. The van der Waals surface area contributed by atoms with Gasteiger partial charge in [0, 0.05) is 31.3 Å². The van der Waals surface area contributed by atoms with Crippen molar-refractivity contribution < 1.29 is 19.4 Å². The molecule has 0 saturated heterocycles. The molecule has 198 valence electrons. The predicted molar refractivity (Wildman–Crippen MR) is 142 cm³/mol. The van der Waals surface area contributed by atoms with Crippen LogP contribution in [0.4, 0.5) is 0 Å². The molecule has 0 fully saturated rings. The molecular weight excluding hydrogens is 440 g/mol. The van der Waals surface area contributed by atoms with Crippen molar-refractivity contribution in [3.63, 3.8) is 0 Å². The molecular formula is C29H48N2O4. The van der Waals surface area contributed by atoms with Crippen molar-refractivity contribution in [2.45, 2.75) is 104 Å². The summed E-state index contributed by atoms with van der Waals surface area (Å²) >= 11 is 0. The van der Waals surface area contributed by atoms with E-state index in [0.29, 0.717) is 19.3 Å². The van der Waals surface area contributed by atoms with Gasteiger partial charge in [-0.2, -0.15) is 0 Å². The summed E-state index contributed by atoms with van der Waals surface area (Å²) < 4.78 is 7.38. The Balaban J connectivity index is 2.16. The third-order valence-electron chi connectivity index (χ3n) is 6.50. The minimum absolute atomic E-state index is 0.134. The standard InChI is InChI=1S/C29H48N2O4/c1-4-6-7-8-9-10-11-12-13-14-15-16-17-18-19-20-28(32)35-23-25(27(5-2)29(33)34)21-26-22-30-24-31(26)3/h9-10,12-13,22,24-25,27H,4-8,11,14-21,23H2,1-3H3,(H,33,34)/b10-9-,13-12-/t25?,27-/m0/s1. The van der Waals surface area contributed by atoms with Gasteiger partial charge in [-0.1, -0.05) is 70.3 Å². The topological polar surface area (TPSA) is 81.4 Å². The van der Waals surface area contributed by atoms with Crippen LogP contribution >= 0.6 is 0 Å². The Kier molecular flexibility index (Phi) is 17.4. The SMILES string of the molecule is CCCCC/C=C\C/C=C\CCCCCCCC(=O)OCC(Cc1cncn1C)[C@H](CC)C(=O)O. The Hall–Kier alpha value is -2.37. The number of carboxylic acids is 1. The molecule has 0 spiro atoms. The number of hydrogen-bond donors (Lipinski definition) is 1. The van der Waals surface area contributed by atoms with Gasteiger partial charge < -0.3 is 14.4 Å². The number of aliphatic carboxylic acids is 1. The largest absolute Gasteiger partial charge is 0.481 e. The van der Waals surface area contributed by atoms with Crippen LogP contribution in [0.3, 0.4) is 0 Å². The highest BCUT2D eigenvalue weighted by molar-refractivity contribution is 5.71. The summed E-state index contributed by atoms with van der Waals surface area (Å²) in [5, 5.41) is 9.59. The van der Waals surface area contributed by atoms with Crippen LogP contribution in [0, 0.1) is 11.8 Å². The number of carboxylic acid groups (broad SMARTS) is 1. The van der Waals surface area contributed by atoms with E-state index in [1.807, 2.05) is 18.5 Å². The van der Waals surface area contributed by atoms with Crippen molar-refractivity contribution in [2.24, 2.45) is 18.9 Å². The molecule has 0 aliphatic carbocycles. The van der Waals surface area contributed by atoms with E-state index in [4.69, 9.17) is 4.74 Å². The summed E-state index contributed by atoms with van der Waals surface area (Å²) in [6, 6.07) is 0. The first-order chi connectivity index (χ1) is 17.0. The van der Waals surface area contributed by atoms with Crippen LogP contribution < -0.4 is 0 Å². The minimum Gasteiger partial charge on any atom is -0.481 e. The van der Waals surface area contributed by atoms with Gasteiger partial charge in [-0.25, -0.2) is 4.98 Å². The molecule has 1 N–H and O–H groups in total. The van der Waals surface area contributed by atoms with Gasteiger partial charge in [0.15, 0.2) is 0 Å². The zero-order valence-corrected chi connectivity index (χ0v) is 22.3. The first kappa shape index (κ1) is 30.7. The Labute approximate surface area is 212 Å². The lowest BCUT2D eigenvalue weighted by atomic mass is 9.87. The molecule has 0 bridgehead atoms. The van der Waals surface area contributed by atoms with E-state index in [2.05, 4.69) is 36.2 Å². The molecule has 0 amide bonds. The lowest BCUT2D eigenvalue weighted by Crippen LogP contribution is -2.30. The highest BCUT2D eigenvalue weighted by Crippen LogP contribution is 2.22. The summed E-state index contributed by atoms with van der Waals surface area (Å²) in [5.74, 6) is -1.88. The number of carbonyl (C=O) groups is 2. The van der Waals surface area contributed by atoms with Gasteiger partial charge >= 0.3 is 11.9 Å². The lowest BCUT2D eigenvalue weighted by molar-refractivity contribution is -0.151. The number of rotatable bonds is 21. The molecule has 1 heterocycles. The molecule has 1 unspecified atom stereocenters. The molecule has 6 heteroatoms. The summed E-state index contributed by atoms with van der Waals surface area (Å²) in [4.78, 5) is 28.0. The molecule has 6 nitrogen and oxygen atoms in total. The van der Waals surface area contributed by atoms with Crippen LogP contribution in [0.5, 0.6) is 0 Å². The predicted octanol–water partition coefficient (Wildman–Crippen LogP) is 7.05. The van der Waals surface area contributed by atoms with Gasteiger partial charge in [0.1, 0.15) is 0 Å². The van der Waals surface area contributed by atoms with Crippen LogP contribution in [0.1, 0.15) is 103 Å². The van der Waals surface area contributed by atoms with E-state index in [9.17, 15) is 14.7 Å². The fourth-order valence-corrected chi connectivity index (χ4v) is 4.23. The molecule has 1 aromatic rings. The number of imidazole rings is 1. The molecule has 1 rings (SSSR count). The number of aryl methyl sites for hydroxylation is 1. The monoisotopic (exact) mass is 488 g/mol. The smallest absolute Gasteiger partial charge is 0.306 e. The number of ether oxygens (including phenoxy) is 1. The normalized spacial score (nSPS) is 13.5. The lowest BCUT2D eigenvalue weighted by Gasteiger charge is -2.23. The fourth-order valence-electron chi connectivity index (χ4n) is 4.23. The third-order valence-corrected chi connectivity index (χ3v) is 6.50. The number of carbonyl (C=O) groups excluding carboxylic acids is 1. The van der Waals surface area contributed by atoms with Crippen LogP contribution in [0.2, 0.25) is 0 Å². The number of unbranched alkanes of at least 4 members (excludes halogenated alkanes) is 8. The van der Waals surface area contributed by atoms with Crippen molar-refractivity contribution in [1.82, 2.24) is 9.55 Å². The maximum absolute atomic E-state index is 12.2. The van der Waals surface area contributed by atoms with Gasteiger partial charge in [0.05, 0.1) is 18.9 Å². The molecule has 35 heavy (non-hydrogen) atoms. The number of aromatic nitrogens is 2. The molecule has 0 radical (unpaired) electrons. The fraction of sp³-hybridized carbons (Fsp3) is 0.690. The van der Waals surface area contributed by atoms with Crippen molar-refractivity contribution in [3.8, 4) is 0 Å². The summed E-state index contributed by atoms with van der Waals surface area (Å²) in [5.41, 5.74) is 0.944. The third kappa shape index (κ3) is 14.6. The van der Waals surface area contributed by atoms with E-state index < -0.39 is 11.9 Å². The van der Waals surface area contributed by atoms with Crippen molar-refractivity contribution in [1.29, 1.82) is 0 Å². The number of allylic oxidation sites excluding steroid dienone is 4. The van der Waals surface area contributed by atoms with Gasteiger partial charge in [-0.05, 0) is 51.4 Å². The molecule has 0 aliphatic rings. The second-order valence-electron chi connectivity index (χ2n) is 9.48. The zero-order valence-electron chi connectivity index (χ0n) is 22.3. The zero-order chi connectivity index (χ0) is 25.7. The van der Waals surface area contributed by atoms with Crippen LogP contribution in [-0.4, -0.2) is 33.2 Å². The average molecular weight is 489 g/mol. The Morgan fingerprint density at radius 1 is 1.00 bits per heavy atom. The first-order valence-electron chi connectivity index (χ1n) is 13.6. The van der Waals surface area contributed by atoms with Crippen LogP contribution in [0.25, 0.3) is 0 Å².